The third-order valence-electron chi connectivity index (χ3n) is 8.53. The van der Waals surface area contributed by atoms with Crippen molar-refractivity contribution in [1.29, 1.82) is 0 Å². The van der Waals surface area contributed by atoms with Crippen LogP contribution in [-0.2, 0) is 14.9 Å². The van der Waals surface area contributed by atoms with E-state index in [-0.39, 0.29) is 22.6 Å². The van der Waals surface area contributed by atoms with E-state index in [1.54, 1.807) is 12.1 Å². The van der Waals surface area contributed by atoms with Crippen molar-refractivity contribution in [2.45, 2.75) is 57.8 Å². The van der Waals surface area contributed by atoms with Crippen LogP contribution < -0.4 is 0 Å². The summed E-state index contributed by atoms with van der Waals surface area (Å²) in [5.74, 6) is 3.03. The first-order valence-corrected chi connectivity index (χ1v) is 10.7. The molecule has 4 saturated carbocycles. The van der Waals surface area contributed by atoms with Crippen molar-refractivity contribution < 1.29 is 13.9 Å². The minimum absolute atomic E-state index is 0.00740. The Balaban J connectivity index is 1.53. The summed E-state index contributed by atoms with van der Waals surface area (Å²) in [6.45, 7) is 5.55. The van der Waals surface area contributed by atoms with E-state index < -0.39 is 0 Å². The first kappa shape index (κ1) is 17.8. The molecule has 2 nitrogen and oxygen atoms in total. The number of ether oxygens (including phenoxy) is 1. The van der Waals surface area contributed by atoms with Gasteiger partial charge in [0.15, 0.2) is 0 Å². The van der Waals surface area contributed by atoms with Crippen molar-refractivity contribution in [3.8, 4) is 0 Å². The van der Waals surface area contributed by atoms with Crippen LogP contribution >= 0.6 is 0 Å². The molecule has 1 atom stereocenters. The molecule has 5 aliphatic rings. The quantitative estimate of drug-likeness (QED) is 0.732. The number of hydrogen-bond donors (Lipinski definition) is 0. The third kappa shape index (κ3) is 2.72. The largest absolute Gasteiger partial charge is 0.380 e. The zero-order valence-electron chi connectivity index (χ0n) is 16.5. The predicted molar refractivity (Wildman–Crippen MR) is 103 cm³/mol. The maximum absolute atomic E-state index is 13.7. The molecule has 4 aliphatic carbocycles. The summed E-state index contributed by atoms with van der Waals surface area (Å²) in [4.78, 5) is 13.5. The molecule has 27 heavy (non-hydrogen) atoms. The Labute approximate surface area is 161 Å². The fourth-order valence-corrected chi connectivity index (χ4v) is 7.35. The SMILES string of the molecule is CC1(C)COCC1C(=O)CC1(c2ccc(F)cc2)C2CC3CC(C2)CC1C3. The van der Waals surface area contributed by atoms with Gasteiger partial charge in [-0.3, -0.25) is 4.79 Å². The summed E-state index contributed by atoms with van der Waals surface area (Å²) in [6, 6.07) is 7.13. The van der Waals surface area contributed by atoms with Gasteiger partial charge in [0, 0.05) is 23.2 Å². The molecule has 1 aromatic rings. The number of hydrogen-bond acceptors (Lipinski definition) is 2. The average molecular weight is 371 g/mol. The number of ketones is 1. The number of carbonyl (C=O) groups is 1. The third-order valence-corrected chi connectivity index (χ3v) is 8.53. The topological polar surface area (TPSA) is 26.3 Å². The van der Waals surface area contributed by atoms with Gasteiger partial charge < -0.3 is 4.74 Å². The van der Waals surface area contributed by atoms with E-state index in [1.165, 1.54) is 37.7 Å². The van der Waals surface area contributed by atoms with Crippen molar-refractivity contribution >= 4 is 5.78 Å². The van der Waals surface area contributed by atoms with Gasteiger partial charge in [-0.1, -0.05) is 26.0 Å². The lowest BCUT2D eigenvalue weighted by molar-refractivity contribution is -0.132. The van der Waals surface area contributed by atoms with E-state index in [0.717, 1.165) is 11.8 Å². The Kier molecular flexibility index (Phi) is 4.06. The lowest BCUT2D eigenvalue weighted by atomic mass is 9.42. The summed E-state index contributed by atoms with van der Waals surface area (Å²) in [5.41, 5.74) is 1.05. The Bertz CT molecular complexity index is 707. The Hall–Kier alpha value is -1.22. The molecule has 0 aromatic heterocycles. The summed E-state index contributed by atoms with van der Waals surface area (Å²) in [6.07, 6.45) is 7.02. The van der Waals surface area contributed by atoms with Gasteiger partial charge in [0.05, 0.1) is 13.2 Å². The summed E-state index contributed by atoms with van der Waals surface area (Å²) >= 11 is 0. The van der Waals surface area contributed by atoms with E-state index in [9.17, 15) is 9.18 Å². The highest BCUT2D eigenvalue weighted by Crippen LogP contribution is 2.64. The predicted octanol–water partition coefficient (Wildman–Crippen LogP) is 5.15. The van der Waals surface area contributed by atoms with E-state index in [1.807, 2.05) is 12.1 Å². The zero-order chi connectivity index (χ0) is 18.8. The molecule has 1 unspecified atom stereocenters. The van der Waals surface area contributed by atoms with Crippen molar-refractivity contribution in [1.82, 2.24) is 0 Å². The van der Waals surface area contributed by atoms with Gasteiger partial charge in [-0.15, -0.1) is 0 Å². The van der Waals surface area contributed by atoms with Gasteiger partial charge in [-0.2, -0.15) is 0 Å². The second-order valence-electron chi connectivity index (χ2n) is 10.6. The van der Waals surface area contributed by atoms with Crippen LogP contribution in [0.25, 0.3) is 0 Å². The van der Waals surface area contributed by atoms with Gasteiger partial charge in [0.25, 0.3) is 0 Å². The van der Waals surface area contributed by atoms with Crippen LogP contribution in [0.3, 0.4) is 0 Å². The van der Waals surface area contributed by atoms with Crippen LogP contribution in [0.4, 0.5) is 4.39 Å². The number of benzene rings is 1. The maximum atomic E-state index is 13.7. The normalized spacial score (nSPS) is 41.8. The van der Waals surface area contributed by atoms with Crippen molar-refractivity contribution in [3.63, 3.8) is 0 Å². The molecule has 4 bridgehead atoms. The zero-order valence-corrected chi connectivity index (χ0v) is 16.5. The highest BCUT2D eigenvalue weighted by molar-refractivity contribution is 5.84. The first-order chi connectivity index (χ1) is 12.9. The Morgan fingerprint density at radius 1 is 1.04 bits per heavy atom. The van der Waals surface area contributed by atoms with Gasteiger partial charge in [0.1, 0.15) is 11.6 Å². The van der Waals surface area contributed by atoms with Crippen LogP contribution in [0, 0.1) is 40.8 Å². The molecular weight excluding hydrogens is 339 g/mol. The fourth-order valence-electron chi connectivity index (χ4n) is 7.35. The van der Waals surface area contributed by atoms with E-state index in [4.69, 9.17) is 4.74 Å². The van der Waals surface area contributed by atoms with E-state index in [2.05, 4.69) is 13.8 Å². The maximum Gasteiger partial charge on any atom is 0.139 e. The molecule has 1 aromatic carbocycles. The Morgan fingerprint density at radius 3 is 2.15 bits per heavy atom. The monoisotopic (exact) mass is 370 g/mol. The van der Waals surface area contributed by atoms with Crippen molar-refractivity contribution in [2.75, 3.05) is 13.2 Å². The van der Waals surface area contributed by atoms with E-state index >= 15 is 0 Å². The van der Waals surface area contributed by atoms with Gasteiger partial charge >= 0.3 is 0 Å². The molecule has 0 amide bonds. The summed E-state index contributed by atoms with van der Waals surface area (Å²) in [7, 11) is 0. The molecule has 0 spiro atoms. The lowest BCUT2D eigenvalue weighted by Crippen LogP contribution is -2.57. The van der Waals surface area contributed by atoms with Crippen LogP contribution in [0.15, 0.2) is 24.3 Å². The van der Waals surface area contributed by atoms with Crippen LogP contribution in [0.5, 0.6) is 0 Å². The summed E-state index contributed by atoms with van der Waals surface area (Å²) in [5, 5.41) is 0. The second kappa shape index (κ2) is 6.14. The fraction of sp³-hybridized carbons (Fsp3) is 0.708. The summed E-state index contributed by atoms with van der Waals surface area (Å²) < 4.78 is 19.3. The molecule has 6 rings (SSSR count). The lowest BCUT2D eigenvalue weighted by Gasteiger charge is -2.62. The van der Waals surface area contributed by atoms with E-state index in [0.29, 0.717) is 37.3 Å². The number of carbonyl (C=O) groups excluding carboxylic acids is 1. The number of Topliss-reactive ketones (excluding diaryl/α,β-unsaturated/α-hetero) is 1. The molecule has 1 aliphatic heterocycles. The van der Waals surface area contributed by atoms with Crippen molar-refractivity contribution in [2.24, 2.45) is 35.0 Å². The second-order valence-corrected chi connectivity index (χ2v) is 10.6. The molecule has 5 fully saturated rings. The molecule has 1 heterocycles. The standard InChI is InChI=1S/C24H31FO2/c1-23(2)14-27-13-21(23)22(26)12-24(17-3-5-20(25)6-4-17)18-8-15-7-16(10-18)11-19(24)9-15/h3-6,15-16,18-19,21H,7-14H2,1-2H3. The van der Waals surface area contributed by atoms with Gasteiger partial charge in [0.2, 0.25) is 0 Å². The number of rotatable bonds is 4. The molecule has 1 saturated heterocycles. The molecule has 146 valence electrons. The molecule has 0 radical (unpaired) electrons. The Morgan fingerprint density at radius 2 is 1.63 bits per heavy atom. The highest BCUT2D eigenvalue weighted by atomic mass is 19.1. The first-order valence-electron chi connectivity index (χ1n) is 10.7. The van der Waals surface area contributed by atoms with Gasteiger partial charge in [-0.25, -0.2) is 4.39 Å². The van der Waals surface area contributed by atoms with Crippen LogP contribution in [0.1, 0.15) is 57.9 Å². The molecular formula is C24H31FO2. The molecule has 3 heteroatoms. The average Bonchev–Trinajstić information content (AvgIpc) is 2.97. The smallest absolute Gasteiger partial charge is 0.139 e. The number of halogens is 1. The molecule has 0 N–H and O–H groups in total. The van der Waals surface area contributed by atoms with Crippen molar-refractivity contribution in [3.05, 3.63) is 35.6 Å². The highest BCUT2D eigenvalue weighted by Gasteiger charge is 2.59. The minimum atomic E-state index is -0.186. The van der Waals surface area contributed by atoms with Crippen LogP contribution in [0.2, 0.25) is 0 Å². The van der Waals surface area contributed by atoms with Gasteiger partial charge in [-0.05, 0) is 73.5 Å². The minimum Gasteiger partial charge on any atom is -0.380 e. The van der Waals surface area contributed by atoms with Crippen LogP contribution in [-0.4, -0.2) is 19.0 Å².